The van der Waals surface area contributed by atoms with Gasteiger partial charge in [-0.3, -0.25) is 10.1 Å². The standard InChI is InChI=1S/C17H21BrN4O4S/c1-9-19-13-14(12(22(24)25)7-11(18)15(13)27-9)21-6-5-10(8-21)20-16(23)26-17(2,3)4/h7,10H,5-6,8H2,1-4H3,(H,20,23)/t10-/m0/s1. The molecule has 3 rings (SSSR count). The number of fused-ring (bicyclic) bond motifs is 1. The molecule has 1 aromatic carbocycles. The molecule has 10 heteroatoms. The average molecular weight is 457 g/mol. The first-order chi connectivity index (χ1) is 12.5. The number of thiazole rings is 1. The second-order valence-electron chi connectivity index (χ2n) is 7.47. The Balaban J connectivity index is 1.88. The number of hydrogen-bond donors (Lipinski definition) is 1. The van der Waals surface area contributed by atoms with Gasteiger partial charge in [0, 0.05) is 23.6 Å². The molecule has 1 amide bonds. The SMILES string of the molecule is Cc1nc2c(N3CC[C@H](NC(=O)OC(C)(C)C)C3)c([N+](=O)[O-])cc(Br)c2s1. The molecule has 27 heavy (non-hydrogen) atoms. The van der Waals surface area contributed by atoms with Crippen LogP contribution < -0.4 is 10.2 Å². The Bertz CT molecular complexity index is 908. The third-order valence-corrected chi connectivity index (χ3v) is 6.00. The Kier molecular flexibility index (Phi) is 5.31. The van der Waals surface area contributed by atoms with Gasteiger partial charge >= 0.3 is 6.09 Å². The third-order valence-electron chi connectivity index (χ3n) is 4.10. The summed E-state index contributed by atoms with van der Waals surface area (Å²) in [5, 5.41) is 15.3. The lowest BCUT2D eigenvalue weighted by Crippen LogP contribution is -2.40. The monoisotopic (exact) mass is 456 g/mol. The molecular weight excluding hydrogens is 436 g/mol. The molecule has 1 atom stereocenters. The first-order valence-corrected chi connectivity index (χ1v) is 10.1. The molecule has 1 N–H and O–H groups in total. The van der Waals surface area contributed by atoms with Crippen LogP contribution in [0.25, 0.3) is 10.2 Å². The number of halogens is 1. The number of benzene rings is 1. The van der Waals surface area contributed by atoms with Crippen molar-refractivity contribution < 1.29 is 14.5 Å². The van der Waals surface area contributed by atoms with Gasteiger partial charge in [0.1, 0.15) is 16.8 Å². The third kappa shape index (κ3) is 4.32. The van der Waals surface area contributed by atoms with Crippen molar-refractivity contribution >= 4 is 55.0 Å². The van der Waals surface area contributed by atoms with Crippen molar-refractivity contribution in [2.24, 2.45) is 0 Å². The van der Waals surface area contributed by atoms with Gasteiger partial charge in [0.15, 0.2) is 0 Å². The smallest absolute Gasteiger partial charge is 0.407 e. The number of nitrogens with zero attached hydrogens (tertiary/aromatic N) is 3. The molecule has 0 unspecified atom stereocenters. The fourth-order valence-corrected chi connectivity index (χ4v) is 4.61. The Hall–Kier alpha value is -1.94. The molecule has 1 aliphatic rings. The largest absolute Gasteiger partial charge is 0.444 e. The van der Waals surface area contributed by atoms with E-state index < -0.39 is 11.7 Å². The van der Waals surface area contributed by atoms with E-state index >= 15 is 0 Å². The van der Waals surface area contributed by atoms with Gasteiger partial charge in [-0.25, -0.2) is 9.78 Å². The molecule has 1 saturated heterocycles. The number of aromatic nitrogens is 1. The quantitative estimate of drug-likeness (QED) is 0.543. The van der Waals surface area contributed by atoms with Crippen molar-refractivity contribution in [1.29, 1.82) is 0 Å². The first-order valence-electron chi connectivity index (χ1n) is 8.53. The maximum atomic E-state index is 12.0. The highest BCUT2D eigenvalue weighted by atomic mass is 79.9. The highest BCUT2D eigenvalue weighted by molar-refractivity contribution is 9.10. The number of aryl methyl sites for hydroxylation is 1. The Morgan fingerprint density at radius 3 is 2.85 bits per heavy atom. The van der Waals surface area contributed by atoms with E-state index in [4.69, 9.17) is 4.74 Å². The molecule has 0 bridgehead atoms. The van der Waals surface area contributed by atoms with Crippen molar-refractivity contribution in [1.82, 2.24) is 10.3 Å². The molecule has 0 spiro atoms. The van der Waals surface area contributed by atoms with Gasteiger partial charge in [0.05, 0.1) is 20.7 Å². The molecular formula is C17H21BrN4O4S. The zero-order valence-corrected chi connectivity index (χ0v) is 17.9. The summed E-state index contributed by atoms with van der Waals surface area (Å²) in [6.07, 6.45) is 0.200. The summed E-state index contributed by atoms with van der Waals surface area (Å²) in [5.74, 6) is 0. The van der Waals surface area contributed by atoms with Gasteiger partial charge in [0.25, 0.3) is 5.69 Å². The molecule has 0 radical (unpaired) electrons. The lowest BCUT2D eigenvalue weighted by atomic mass is 10.2. The summed E-state index contributed by atoms with van der Waals surface area (Å²) in [5.41, 5.74) is 0.571. The average Bonchev–Trinajstić information content (AvgIpc) is 3.11. The second-order valence-corrected chi connectivity index (χ2v) is 9.53. The minimum Gasteiger partial charge on any atom is -0.444 e. The lowest BCUT2D eigenvalue weighted by Gasteiger charge is -2.22. The van der Waals surface area contributed by atoms with Crippen molar-refractivity contribution in [3.05, 3.63) is 25.7 Å². The lowest BCUT2D eigenvalue weighted by molar-refractivity contribution is -0.384. The number of rotatable bonds is 3. The summed E-state index contributed by atoms with van der Waals surface area (Å²) in [6.45, 7) is 8.35. The number of hydrogen-bond acceptors (Lipinski definition) is 7. The highest BCUT2D eigenvalue weighted by Crippen LogP contribution is 2.43. The van der Waals surface area contributed by atoms with Crippen LogP contribution in [0.3, 0.4) is 0 Å². The normalized spacial score (nSPS) is 17.4. The van der Waals surface area contributed by atoms with Gasteiger partial charge in [-0.1, -0.05) is 0 Å². The zero-order chi connectivity index (χ0) is 19.9. The number of nitro groups is 1. The van der Waals surface area contributed by atoms with Crippen molar-refractivity contribution in [2.45, 2.75) is 45.8 Å². The van der Waals surface area contributed by atoms with Crippen molar-refractivity contribution in [3.8, 4) is 0 Å². The van der Waals surface area contributed by atoms with Crippen LogP contribution in [-0.2, 0) is 4.74 Å². The van der Waals surface area contributed by atoms with Crippen LogP contribution in [0.2, 0.25) is 0 Å². The van der Waals surface area contributed by atoms with Crippen LogP contribution in [0, 0.1) is 17.0 Å². The molecule has 8 nitrogen and oxygen atoms in total. The number of nitrogens with one attached hydrogen (secondary N) is 1. The minimum absolute atomic E-state index is 0.0117. The van der Waals surface area contributed by atoms with Gasteiger partial charge in [-0.2, -0.15) is 0 Å². The summed E-state index contributed by atoms with van der Waals surface area (Å²) in [6, 6.07) is 1.39. The molecule has 1 fully saturated rings. The number of carbonyl (C=O) groups excluding carboxylic acids is 1. The molecule has 1 aromatic heterocycles. The molecule has 2 heterocycles. The summed E-state index contributed by atoms with van der Waals surface area (Å²) >= 11 is 4.91. The van der Waals surface area contributed by atoms with Gasteiger partial charge in [0.2, 0.25) is 0 Å². The van der Waals surface area contributed by atoms with Crippen LogP contribution in [-0.4, -0.2) is 40.7 Å². The van der Waals surface area contributed by atoms with E-state index in [9.17, 15) is 14.9 Å². The summed E-state index contributed by atoms with van der Waals surface area (Å²) < 4.78 is 6.85. The Morgan fingerprint density at radius 1 is 1.52 bits per heavy atom. The second kappa shape index (κ2) is 7.23. The number of amides is 1. The molecule has 1 aliphatic heterocycles. The van der Waals surface area contributed by atoms with Crippen LogP contribution in [0.4, 0.5) is 16.2 Å². The number of anilines is 1. The van der Waals surface area contributed by atoms with Gasteiger partial charge in [-0.15, -0.1) is 11.3 Å². The predicted octanol–water partition coefficient (Wildman–Crippen LogP) is 4.38. The van der Waals surface area contributed by atoms with Crippen LogP contribution in [0.5, 0.6) is 0 Å². The predicted molar refractivity (Wildman–Crippen MR) is 109 cm³/mol. The van der Waals surface area contributed by atoms with Gasteiger partial charge < -0.3 is 15.0 Å². The van der Waals surface area contributed by atoms with Gasteiger partial charge in [-0.05, 0) is 50.0 Å². The molecule has 0 saturated carbocycles. The number of ether oxygens (including phenoxy) is 1. The minimum atomic E-state index is -0.572. The molecule has 146 valence electrons. The van der Waals surface area contributed by atoms with E-state index in [2.05, 4.69) is 26.2 Å². The number of nitro benzene ring substituents is 1. The van der Waals surface area contributed by atoms with E-state index in [-0.39, 0.29) is 16.7 Å². The van der Waals surface area contributed by atoms with E-state index in [1.807, 2.05) is 11.8 Å². The fourth-order valence-electron chi connectivity index (χ4n) is 3.13. The van der Waals surface area contributed by atoms with Crippen molar-refractivity contribution in [3.63, 3.8) is 0 Å². The fraction of sp³-hybridized carbons (Fsp3) is 0.529. The van der Waals surface area contributed by atoms with Crippen LogP contribution >= 0.6 is 27.3 Å². The Morgan fingerprint density at radius 2 is 2.22 bits per heavy atom. The topological polar surface area (TPSA) is 97.6 Å². The van der Waals surface area contributed by atoms with E-state index in [0.717, 1.165) is 9.71 Å². The zero-order valence-electron chi connectivity index (χ0n) is 15.5. The van der Waals surface area contributed by atoms with Crippen LogP contribution in [0.1, 0.15) is 32.2 Å². The van der Waals surface area contributed by atoms with E-state index in [0.29, 0.717) is 35.2 Å². The van der Waals surface area contributed by atoms with E-state index in [1.165, 1.54) is 17.4 Å². The number of carbonyl (C=O) groups is 1. The Labute approximate surface area is 169 Å². The first kappa shape index (κ1) is 19.8. The summed E-state index contributed by atoms with van der Waals surface area (Å²) in [7, 11) is 0. The van der Waals surface area contributed by atoms with Crippen molar-refractivity contribution in [2.75, 3.05) is 18.0 Å². The summed E-state index contributed by atoms with van der Waals surface area (Å²) in [4.78, 5) is 29.7. The van der Waals surface area contributed by atoms with E-state index in [1.54, 1.807) is 20.8 Å². The number of alkyl carbamates (subject to hydrolysis) is 1. The van der Waals surface area contributed by atoms with Crippen LogP contribution in [0.15, 0.2) is 10.5 Å². The maximum Gasteiger partial charge on any atom is 0.407 e. The maximum absolute atomic E-state index is 12.0. The molecule has 2 aromatic rings. The highest BCUT2D eigenvalue weighted by Gasteiger charge is 2.33. The molecule has 0 aliphatic carbocycles.